The first-order valence-electron chi connectivity index (χ1n) is 10.3. The highest BCUT2D eigenvalue weighted by Crippen LogP contribution is 2.25. The van der Waals surface area contributed by atoms with E-state index in [2.05, 4.69) is 5.10 Å². The molecule has 3 heterocycles. The van der Waals surface area contributed by atoms with Crippen LogP contribution in [0.1, 0.15) is 52.1 Å². The average Bonchev–Trinajstić information content (AvgIpc) is 3.40. The zero-order valence-electron chi connectivity index (χ0n) is 17.8. The van der Waals surface area contributed by atoms with Gasteiger partial charge < -0.3 is 14.2 Å². The molecule has 1 fully saturated rings. The van der Waals surface area contributed by atoms with E-state index in [-0.39, 0.29) is 17.7 Å². The van der Waals surface area contributed by atoms with Gasteiger partial charge in [-0.3, -0.25) is 9.59 Å². The molecule has 2 amide bonds. The van der Waals surface area contributed by atoms with Crippen LogP contribution in [0.2, 0.25) is 5.02 Å². The van der Waals surface area contributed by atoms with Gasteiger partial charge in [-0.2, -0.15) is 5.10 Å². The van der Waals surface area contributed by atoms with Crippen molar-refractivity contribution in [1.29, 1.82) is 0 Å². The Kier molecular flexibility index (Phi) is 5.87. The molecule has 3 aromatic rings. The lowest BCUT2D eigenvalue weighted by molar-refractivity contribution is 0.0516. The molecule has 1 aliphatic heterocycles. The number of rotatable bonds is 4. The van der Waals surface area contributed by atoms with Crippen molar-refractivity contribution in [2.45, 2.75) is 26.7 Å². The van der Waals surface area contributed by atoms with Gasteiger partial charge in [0.25, 0.3) is 11.8 Å². The highest BCUT2D eigenvalue weighted by atomic mass is 35.5. The van der Waals surface area contributed by atoms with Crippen LogP contribution in [-0.2, 0) is 0 Å². The first-order valence-corrected chi connectivity index (χ1v) is 10.7. The molecule has 4 rings (SSSR count). The maximum atomic E-state index is 13.3. The van der Waals surface area contributed by atoms with Gasteiger partial charge in [-0.15, -0.1) is 0 Å². The number of carbonyl (C=O) groups is 2. The normalized spacial score (nSPS) is 14.4. The largest absolute Gasteiger partial charge is 0.456 e. The smallest absolute Gasteiger partial charge is 0.289 e. The van der Waals surface area contributed by atoms with Crippen LogP contribution < -0.4 is 0 Å². The summed E-state index contributed by atoms with van der Waals surface area (Å²) in [6, 6.07) is 10.8. The lowest BCUT2D eigenvalue weighted by atomic mass is 10.0. The van der Waals surface area contributed by atoms with E-state index in [9.17, 15) is 9.59 Å². The third kappa shape index (κ3) is 4.23. The fraction of sp³-hybridized carbons (Fsp3) is 0.348. The van der Waals surface area contributed by atoms with E-state index in [1.165, 1.54) is 0 Å². The summed E-state index contributed by atoms with van der Waals surface area (Å²) in [4.78, 5) is 29.4. The summed E-state index contributed by atoms with van der Waals surface area (Å²) >= 11 is 6.01. The summed E-state index contributed by atoms with van der Waals surface area (Å²) in [7, 11) is 0. The minimum Gasteiger partial charge on any atom is -0.456 e. The van der Waals surface area contributed by atoms with Crippen molar-refractivity contribution in [3.05, 3.63) is 70.4 Å². The Morgan fingerprint density at radius 3 is 2.13 bits per heavy atom. The number of benzene rings is 1. The third-order valence-electron chi connectivity index (χ3n) is 5.46. The molecule has 162 valence electrons. The number of halogens is 1. The quantitative estimate of drug-likeness (QED) is 0.611. The van der Waals surface area contributed by atoms with Crippen molar-refractivity contribution in [2.75, 3.05) is 26.2 Å². The van der Waals surface area contributed by atoms with Gasteiger partial charge in [0.05, 0.1) is 23.1 Å². The van der Waals surface area contributed by atoms with E-state index in [0.29, 0.717) is 48.3 Å². The van der Waals surface area contributed by atoms with Crippen LogP contribution in [-0.4, -0.2) is 57.6 Å². The van der Waals surface area contributed by atoms with Crippen molar-refractivity contribution < 1.29 is 14.0 Å². The first-order chi connectivity index (χ1) is 14.8. The number of aryl methyl sites for hydroxylation is 1. The number of aromatic nitrogens is 2. The maximum Gasteiger partial charge on any atom is 0.289 e. The molecule has 7 nitrogen and oxygen atoms in total. The molecule has 31 heavy (non-hydrogen) atoms. The Morgan fingerprint density at radius 1 is 0.968 bits per heavy atom. The van der Waals surface area contributed by atoms with Crippen molar-refractivity contribution >= 4 is 23.4 Å². The standard InChI is InChI=1S/C23H25ClN4O3/c1-15(2)21-19(14-25-28(21)18-7-5-17(24)6-8-18)22(29)26-10-12-27(13-11-26)23(30)20-9-4-16(3)31-20/h4-9,14-15H,10-13H2,1-3H3. The fourth-order valence-electron chi connectivity index (χ4n) is 3.85. The van der Waals surface area contributed by atoms with E-state index in [1.807, 2.05) is 32.9 Å². The molecule has 0 atom stereocenters. The van der Waals surface area contributed by atoms with E-state index in [0.717, 1.165) is 11.4 Å². The Morgan fingerprint density at radius 2 is 1.58 bits per heavy atom. The summed E-state index contributed by atoms with van der Waals surface area (Å²) in [6.45, 7) is 7.76. The highest BCUT2D eigenvalue weighted by molar-refractivity contribution is 6.30. The Balaban J connectivity index is 1.50. The molecule has 0 aliphatic carbocycles. The molecule has 0 saturated carbocycles. The van der Waals surface area contributed by atoms with Gasteiger partial charge in [0.2, 0.25) is 0 Å². The topological polar surface area (TPSA) is 71.6 Å². The molecule has 0 radical (unpaired) electrons. The summed E-state index contributed by atoms with van der Waals surface area (Å²) < 4.78 is 7.24. The molecule has 8 heteroatoms. The summed E-state index contributed by atoms with van der Waals surface area (Å²) in [5.41, 5.74) is 2.31. The van der Waals surface area contributed by atoms with Gasteiger partial charge in [-0.1, -0.05) is 25.4 Å². The summed E-state index contributed by atoms with van der Waals surface area (Å²) in [5.74, 6) is 0.936. The number of furan rings is 1. The van der Waals surface area contributed by atoms with Gasteiger partial charge >= 0.3 is 0 Å². The Labute approximate surface area is 186 Å². The number of carbonyl (C=O) groups excluding carboxylic acids is 2. The molecule has 1 aliphatic rings. The average molecular weight is 441 g/mol. The minimum atomic E-state index is -0.140. The van der Waals surface area contributed by atoms with E-state index < -0.39 is 0 Å². The second-order valence-electron chi connectivity index (χ2n) is 7.98. The van der Waals surface area contributed by atoms with Gasteiger partial charge in [-0.25, -0.2) is 4.68 Å². The van der Waals surface area contributed by atoms with Crippen LogP contribution in [0, 0.1) is 6.92 Å². The van der Waals surface area contributed by atoms with Crippen LogP contribution in [0.3, 0.4) is 0 Å². The highest BCUT2D eigenvalue weighted by Gasteiger charge is 2.30. The summed E-state index contributed by atoms with van der Waals surface area (Å²) in [5, 5.41) is 5.14. The fourth-order valence-corrected chi connectivity index (χ4v) is 3.98. The van der Waals surface area contributed by atoms with Gasteiger partial charge in [0.1, 0.15) is 5.76 Å². The van der Waals surface area contributed by atoms with Crippen LogP contribution >= 0.6 is 11.6 Å². The number of amides is 2. The van der Waals surface area contributed by atoms with Crippen LogP contribution in [0.15, 0.2) is 47.0 Å². The van der Waals surface area contributed by atoms with Gasteiger partial charge in [-0.05, 0) is 49.2 Å². The predicted octanol–water partition coefficient (Wildman–Crippen LogP) is 4.15. The Bertz CT molecular complexity index is 1090. The first kappa shape index (κ1) is 21.2. The number of hydrogen-bond acceptors (Lipinski definition) is 4. The van der Waals surface area contributed by atoms with Crippen LogP contribution in [0.25, 0.3) is 5.69 Å². The number of piperazine rings is 1. The number of hydrogen-bond donors (Lipinski definition) is 0. The predicted molar refractivity (Wildman–Crippen MR) is 118 cm³/mol. The molecule has 2 aromatic heterocycles. The zero-order valence-corrected chi connectivity index (χ0v) is 18.6. The Hall–Kier alpha value is -3.06. The minimum absolute atomic E-state index is 0.0649. The molecule has 0 bridgehead atoms. The van der Waals surface area contributed by atoms with Gasteiger partial charge in [0.15, 0.2) is 5.76 Å². The molecule has 0 unspecified atom stereocenters. The molecule has 0 spiro atoms. The van der Waals surface area contributed by atoms with Gasteiger partial charge in [0, 0.05) is 31.2 Å². The van der Waals surface area contributed by atoms with Crippen LogP contribution in [0.5, 0.6) is 0 Å². The lowest BCUT2D eigenvalue weighted by Gasteiger charge is -2.34. The maximum absolute atomic E-state index is 13.3. The second kappa shape index (κ2) is 8.59. The third-order valence-corrected chi connectivity index (χ3v) is 5.71. The number of nitrogens with zero attached hydrogens (tertiary/aromatic N) is 4. The van der Waals surface area contributed by atoms with E-state index in [4.69, 9.17) is 16.0 Å². The monoisotopic (exact) mass is 440 g/mol. The molecular formula is C23H25ClN4O3. The SMILES string of the molecule is Cc1ccc(C(=O)N2CCN(C(=O)c3cnn(-c4ccc(Cl)cc4)c3C(C)C)CC2)o1. The summed E-state index contributed by atoms with van der Waals surface area (Å²) in [6.07, 6.45) is 1.63. The lowest BCUT2D eigenvalue weighted by Crippen LogP contribution is -2.50. The van der Waals surface area contributed by atoms with Crippen molar-refractivity contribution in [3.8, 4) is 5.69 Å². The van der Waals surface area contributed by atoms with E-state index >= 15 is 0 Å². The van der Waals surface area contributed by atoms with Crippen molar-refractivity contribution in [1.82, 2.24) is 19.6 Å². The molecular weight excluding hydrogens is 416 g/mol. The second-order valence-corrected chi connectivity index (χ2v) is 8.42. The molecule has 1 aromatic carbocycles. The van der Waals surface area contributed by atoms with Crippen molar-refractivity contribution in [2.24, 2.45) is 0 Å². The molecule has 0 N–H and O–H groups in total. The van der Waals surface area contributed by atoms with Crippen molar-refractivity contribution in [3.63, 3.8) is 0 Å². The van der Waals surface area contributed by atoms with E-state index in [1.54, 1.807) is 44.9 Å². The van der Waals surface area contributed by atoms with Crippen LogP contribution in [0.4, 0.5) is 0 Å². The molecule has 1 saturated heterocycles. The zero-order chi connectivity index (χ0) is 22.1.